The van der Waals surface area contributed by atoms with Crippen molar-refractivity contribution in [2.24, 2.45) is 4.99 Å². The Morgan fingerprint density at radius 2 is 1.92 bits per heavy atom. The quantitative estimate of drug-likeness (QED) is 0.361. The Hall–Kier alpha value is -1.35. The monoisotopic (exact) mass is 474 g/mol. The van der Waals surface area contributed by atoms with Crippen LogP contribution in [-0.2, 0) is 16.0 Å². The lowest BCUT2D eigenvalue weighted by atomic mass is 10.1. The average molecular weight is 474 g/mol. The molecule has 7 heteroatoms. The maximum Gasteiger partial charge on any atom is 0.239 e. The number of likely N-dealkylation sites (tertiary alicyclic amines) is 1. The van der Waals surface area contributed by atoms with Crippen LogP contribution in [0.5, 0.6) is 0 Å². The molecule has 0 unspecified atom stereocenters. The van der Waals surface area contributed by atoms with E-state index in [2.05, 4.69) is 32.7 Å². The Labute approximate surface area is 173 Å². The van der Waals surface area contributed by atoms with Crippen molar-refractivity contribution < 1.29 is 9.53 Å². The lowest BCUT2D eigenvalue weighted by Gasteiger charge is -2.33. The Bertz CT molecular complexity index is 546. The number of halogens is 1. The van der Waals surface area contributed by atoms with Crippen molar-refractivity contribution in [1.29, 1.82) is 0 Å². The number of nitrogens with one attached hydrogen (secondary N) is 2. The second-order valence-electron chi connectivity index (χ2n) is 6.13. The third-order valence-electron chi connectivity index (χ3n) is 4.34. The van der Waals surface area contributed by atoms with Crippen LogP contribution in [0.15, 0.2) is 35.3 Å². The number of benzene rings is 1. The molecule has 0 atom stereocenters. The maximum atomic E-state index is 12.0. The number of ether oxygens (including phenoxy) is 1. The fourth-order valence-electron chi connectivity index (χ4n) is 3.02. The number of piperidine rings is 1. The van der Waals surface area contributed by atoms with E-state index in [0.717, 1.165) is 44.9 Å². The van der Waals surface area contributed by atoms with E-state index < -0.39 is 0 Å². The molecular formula is C19H31IN4O2. The first-order chi connectivity index (χ1) is 12.2. The second-order valence-corrected chi connectivity index (χ2v) is 6.13. The summed E-state index contributed by atoms with van der Waals surface area (Å²) < 4.78 is 5.67. The van der Waals surface area contributed by atoms with Gasteiger partial charge in [-0.25, -0.2) is 0 Å². The molecule has 1 fully saturated rings. The number of aliphatic imine (C=N–C) groups is 1. The molecule has 146 valence electrons. The van der Waals surface area contributed by atoms with Crippen LogP contribution in [0.2, 0.25) is 0 Å². The van der Waals surface area contributed by atoms with Crippen LogP contribution < -0.4 is 10.6 Å². The Kier molecular flexibility index (Phi) is 11.3. The fraction of sp³-hybridized carbons (Fsp3) is 0.579. The average Bonchev–Trinajstić information content (AvgIpc) is 2.64. The van der Waals surface area contributed by atoms with Gasteiger partial charge in [-0.2, -0.15) is 0 Å². The summed E-state index contributed by atoms with van der Waals surface area (Å²) in [6, 6.07) is 10.2. The molecule has 0 aliphatic carbocycles. The van der Waals surface area contributed by atoms with Crippen LogP contribution in [0.25, 0.3) is 0 Å². The van der Waals surface area contributed by atoms with Gasteiger partial charge in [0.1, 0.15) is 0 Å². The Morgan fingerprint density at radius 1 is 1.23 bits per heavy atom. The van der Waals surface area contributed by atoms with Crippen LogP contribution in [0, 0.1) is 0 Å². The number of carbonyl (C=O) groups is 1. The normalized spacial score (nSPS) is 15.3. The molecule has 2 N–H and O–H groups in total. The Morgan fingerprint density at radius 3 is 2.54 bits per heavy atom. The summed E-state index contributed by atoms with van der Waals surface area (Å²) in [5.74, 6) is 0.773. The molecule has 1 saturated heterocycles. The molecule has 6 nitrogen and oxygen atoms in total. The van der Waals surface area contributed by atoms with Crippen molar-refractivity contribution in [1.82, 2.24) is 15.5 Å². The fourth-order valence-corrected chi connectivity index (χ4v) is 3.02. The van der Waals surface area contributed by atoms with Crippen molar-refractivity contribution in [3.05, 3.63) is 35.9 Å². The predicted molar refractivity (Wildman–Crippen MR) is 116 cm³/mol. The van der Waals surface area contributed by atoms with Crippen LogP contribution in [-0.4, -0.2) is 62.7 Å². The summed E-state index contributed by atoms with van der Waals surface area (Å²) in [5.41, 5.74) is 1.23. The van der Waals surface area contributed by atoms with Crippen LogP contribution in [0.1, 0.15) is 25.3 Å². The van der Waals surface area contributed by atoms with Gasteiger partial charge in [0.25, 0.3) is 0 Å². The van der Waals surface area contributed by atoms with E-state index in [1.807, 2.05) is 25.1 Å². The molecule has 1 aromatic rings. The number of nitrogens with zero attached hydrogens (tertiary/aromatic N) is 2. The zero-order chi connectivity index (χ0) is 17.9. The molecule has 0 radical (unpaired) electrons. The molecule has 0 saturated carbocycles. The van der Waals surface area contributed by atoms with E-state index >= 15 is 0 Å². The van der Waals surface area contributed by atoms with E-state index in [9.17, 15) is 4.79 Å². The van der Waals surface area contributed by atoms with Gasteiger partial charge in [-0.05, 0) is 31.7 Å². The number of hydrogen-bond acceptors (Lipinski definition) is 3. The van der Waals surface area contributed by atoms with Crippen LogP contribution in [0.3, 0.4) is 0 Å². The van der Waals surface area contributed by atoms with Crippen molar-refractivity contribution in [3.8, 4) is 0 Å². The molecule has 1 amide bonds. The highest BCUT2D eigenvalue weighted by molar-refractivity contribution is 14.0. The minimum absolute atomic E-state index is 0. The highest BCUT2D eigenvalue weighted by Gasteiger charge is 2.21. The van der Waals surface area contributed by atoms with Gasteiger partial charge in [0.15, 0.2) is 5.96 Å². The summed E-state index contributed by atoms with van der Waals surface area (Å²) in [6.45, 7) is 5.49. The van der Waals surface area contributed by atoms with Gasteiger partial charge in [0.2, 0.25) is 5.91 Å². The first kappa shape index (κ1) is 22.7. The third kappa shape index (κ3) is 7.90. The first-order valence-electron chi connectivity index (χ1n) is 9.10. The molecule has 1 heterocycles. The topological polar surface area (TPSA) is 66.0 Å². The third-order valence-corrected chi connectivity index (χ3v) is 4.34. The zero-order valence-corrected chi connectivity index (χ0v) is 18.1. The van der Waals surface area contributed by atoms with E-state index in [1.54, 1.807) is 7.05 Å². The van der Waals surface area contributed by atoms with Gasteiger partial charge in [-0.3, -0.25) is 9.79 Å². The summed E-state index contributed by atoms with van der Waals surface area (Å²) in [4.78, 5) is 18.5. The zero-order valence-electron chi connectivity index (χ0n) is 15.7. The van der Waals surface area contributed by atoms with Gasteiger partial charge in [-0.15, -0.1) is 24.0 Å². The number of guanidine groups is 1. The molecule has 1 aromatic carbocycles. The van der Waals surface area contributed by atoms with Gasteiger partial charge in [-0.1, -0.05) is 30.3 Å². The largest absolute Gasteiger partial charge is 0.378 e. The molecule has 0 bridgehead atoms. The lowest BCUT2D eigenvalue weighted by molar-refractivity contribution is -0.120. The van der Waals surface area contributed by atoms with Crippen LogP contribution in [0.4, 0.5) is 0 Å². The van der Waals surface area contributed by atoms with Gasteiger partial charge in [0, 0.05) is 33.3 Å². The second kappa shape index (κ2) is 12.9. The Balaban J connectivity index is 0.00000338. The SMILES string of the molecule is CCOC1CCN(C(=NC)NCC(=O)NCCc2ccccc2)CC1.I. The maximum absolute atomic E-state index is 12.0. The summed E-state index contributed by atoms with van der Waals surface area (Å²) in [6.07, 6.45) is 3.18. The van der Waals surface area contributed by atoms with Crippen molar-refractivity contribution in [3.63, 3.8) is 0 Å². The highest BCUT2D eigenvalue weighted by Crippen LogP contribution is 2.13. The minimum atomic E-state index is -0.0127. The van der Waals surface area contributed by atoms with Crippen molar-refractivity contribution in [2.45, 2.75) is 32.3 Å². The number of rotatable bonds is 7. The highest BCUT2D eigenvalue weighted by atomic mass is 127. The number of amides is 1. The van der Waals surface area contributed by atoms with E-state index in [1.165, 1.54) is 5.56 Å². The summed E-state index contributed by atoms with van der Waals surface area (Å²) in [7, 11) is 1.75. The molecule has 1 aliphatic rings. The van der Waals surface area contributed by atoms with E-state index in [-0.39, 0.29) is 36.4 Å². The summed E-state index contributed by atoms with van der Waals surface area (Å²) >= 11 is 0. The predicted octanol–water partition coefficient (Wildman–Crippen LogP) is 2.04. The van der Waals surface area contributed by atoms with Crippen LogP contribution >= 0.6 is 24.0 Å². The van der Waals surface area contributed by atoms with Gasteiger partial charge < -0.3 is 20.3 Å². The van der Waals surface area contributed by atoms with Crippen molar-refractivity contribution >= 4 is 35.8 Å². The minimum Gasteiger partial charge on any atom is -0.378 e. The molecule has 0 aromatic heterocycles. The molecular weight excluding hydrogens is 443 g/mol. The smallest absolute Gasteiger partial charge is 0.239 e. The number of hydrogen-bond donors (Lipinski definition) is 2. The standard InChI is InChI=1S/C19H30N4O2.HI/c1-3-25-17-10-13-23(14-11-17)19(20-2)22-15-18(24)21-12-9-16-7-5-4-6-8-16;/h4-8,17H,3,9-15H2,1-2H3,(H,20,22)(H,21,24);1H. The summed E-state index contributed by atoms with van der Waals surface area (Å²) in [5, 5.41) is 6.10. The van der Waals surface area contributed by atoms with Crippen molar-refractivity contribution in [2.75, 3.05) is 39.8 Å². The van der Waals surface area contributed by atoms with Gasteiger partial charge >= 0.3 is 0 Å². The number of carbonyl (C=O) groups excluding carboxylic acids is 1. The lowest BCUT2D eigenvalue weighted by Crippen LogP contribution is -2.49. The molecule has 0 spiro atoms. The molecule has 1 aliphatic heterocycles. The van der Waals surface area contributed by atoms with E-state index in [0.29, 0.717) is 12.6 Å². The molecule has 2 rings (SSSR count). The first-order valence-corrected chi connectivity index (χ1v) is 9.10. The van der Waals surface area contributed by atoms with E-state index in [4.69, 9.17) is 4.74 Å². The molecule has 26 heavy (non-hydrogen) atoms. The van der Waals surface area contributed by atoms with Gasteiger partial charge in [0.05, 0.1) is 12.6 Å².